The zero-order valence-corrected chi connectivity index (χ0v) is 11.3. The van der Waals surface area contributed by atoms with E-state index in [2.05, 4.69) is 26.2 Å². The van der Waals surface area contributed by atoms with Gasteiger partial charge >= 0.3 is 0 Å². The molecule has 2 heterocycles. The third kappa shape index (κ3) is 3.15. The minimum Gasteiger partial charge on any atom is -0.379 e. The van der Waals surface area contributed by atoms with Crippen molar-refractivity contribution in [3.63, 3.8) is 0 Å². The van der Waals surface area contributed by atoms with Gasteiger partial charge in [0.15, 0.2) is 0 Å². The summed E-state index contributed by atoms with van der Waals surface area (Å²) in [5.74, 6) is -0.376. The van der Waals surface area contributed by atoms with E-state index >= 15 is 0 Å². The fraction of sp³-hybridized carbons (Fsp3) is 0.385. The summed E-state index contributed by atoms with van der Waals surface area (Å²) < 4.78 is 15.4. The van der Waals surface area contributed by atoms with Crippen molar-refractivity contribution in [2.24, 2.45) is 0 Å². The van der Waals surface area contributed by atoms with Crippen LogP contribution in [0.15, 0.2) is 24.5 Å². The first-order valence-corrected chi connectivity index (χ1v) is 6.78. The number of nitrogens with one attached hydrogen (secondary N) is 2. The molecule has 1 fully saturated rings. The minimum absolute atomic E-state index is 0.0120. The third-order valence-electron chi connectivity index (χ3n) is 3.41. The molecule has 3 rings (SSSR count). The van der Waals surface area contributed by atoms with Gasteiger partial charge in [-0.05, 0) is 41.5 Å². The number of benzene rings is 1. The van der Waals surface area contributed by atoms with E-state index in [1.165, 1.54) is 17.1 Å². The van der Waals surface area contributed by atoms with Gasteiger partial charge in [0.2, 0.25) is 5.91 Å². The summed E-state index contributed by atoms with van der Waals surface area (Å²) in [6, 6.07) is 4.51. The summed E-state index contributed by atoms with van der Waals surface area (Å²) in [6.07, 6.45) is 3.47. The summed E-state index contributed by atoms with van der Waals surface area (Å²) in [5.41, 5.74) is 1.00. The van der Waals surface area contributed by atoms with Crippen molar-refractivity contribution in [1.29, 1.82) is 0 Å². The lowest BCUT2D eigenvalue weighted by atomic mass is 10.1. The monoisotopic (exact) mass is 290 g/mol. The highest BCUT2D eigenvalue weighted by Gasteiger charge is 2.18. The van der Waals surface area contributed by atoms with Crippen molar-refractivity contribution in [2.45, 2.75) is 25.3 Å². The van der Waals surface area contributed by atoms with E-state index in [9.17, 15) is 9.18 Å². The van der Waals surface area contributed by atoms with Crippen molar-refractivity contribution in [3.05, 3.63) is 30.3 Å². The maximum Gasteiger partial charge on any atom is 0.222 e. The van der Waals surface area contributed by atoms with Crippen molar-refractivity contribution < 1.29 is 9.18 Å². The number of carbonyl (C=O) groups is 1. The summed E-state index contributed by atoms with van der Waals surface area (Å²) in [6.45, 7) is 0.671. The number of rotatable bonds is 3. The van der Waals surface area contributed by atoms with Crippen LogP contribution < -0.4 is 10.6 Å². The van der Waals surface area contributed by atoms with Crippen LogP contribution in [0.4, 0.5) is 10.1 Å². The van der Waals surface area contributed by atoms with Crippen LogP contribution in [0, 0.1) is 5.82 Å². The van der Waals surface area contributed by atoms with Crippen LogP contribution in [0.5, 0.6) is 0 Å². The molecule has 0 aliphatic carbocycles. The topological polar surface area (TPSA) is 84.7 Å². The second kappa shape index (κ2) is 5.86. The maximum atomic E-state index is 13.9. The molecule has 1 aliphatic heterocycles. The molecule has 0 bridgehead atoms. The lowest BCUT2D eigenvalue weighted by Gasteiger charge is -2.17. The molecule has 1 aromatic carbocycles. The van der Waals surface area contributed by atoms with Crippen LogP contribution >= 0.6 is 0 Å². The van der Waals surface area contributed by atoms with Crippen LogP contribution in [-0.2, 0) is 4.79 Å². The first kappa shape index (κ1) is 13.5. The fourth-order valence-corrected chi connectivity index (χ4v) is 2.36. The Kier molecular flexibility index (Phi) is 3.76. The van der Waals surface area contributed by atoms with Gasteiger partial charge in [0.1, 0.15) is 12.1 Å². The molecular weight excluding hydrogens is 275 g/mol. The molecule has 2 aromatic rings. The van der Waals surface area contributed by atoms with Crippen molar-refractivity contribution in [1.82, 2.24) is 25.5 Å². The Labute approximate surface area is 120 Å². The fourth-order valence-electron chi connectivity index (χ4n) is 2.36. The van der Waals surface area contributed by atoms with Gasteiger partial charge in [-0.15, -0.1) is 5.10 Å². The molecule has 0 saturated carbocycles. The number of halogens is 1. The van der Waals surface area contributed by atoms with Crippen molar-refractivity contribution >= 4 is 11.6 Å². The zero-order valence-electron chi connectivity index (χ0n) is 11.3. The summed E-state index contributed by atoms with van der Waals surface area (Å²) in [7, 11) is 0. The normalized spacial score (nSPS) is 18.9. The highest BCUT2D eigenvalue weighted by atomic mass is 19.1. The molecule has 1 aromatic heterocycles. The van der Waals surface area contributed by atoms with Crippen LogP contribution in [0.2, 0.25) is 0 Å². The quantitative estimate of drug-likeness (QED) is 0.876. The predicted octanol–water partition coefficient (Wildman–Crippen LogP) is 0.882. The molecule has 1 aliphatic rings. The molecule has 0 spiro atoms. The smallest absolute Gasteiger partial charge is 0.222 e. The van der Waals surface area contributed by atoms with Gasteiger partial charge in [0.05, 0.1) is 11.4 Å². The number of hydrogen-bond donors (Lipinski definition) is 2. The Bertz CT molecular complexity index is 630. The second-order valence-corrected chi connectivity index (χ2v) is 4.96. The van der Waals surface area contributed by atoms with E-state index < -0.39 is 0 Å². The van der Waals surface area contributed by atoms with E-state index in [1.54, 1.807) is 12.1 Å². The summed E-state index contributed by atoms with van der Waals surface area (Å²) in [5, 5.41) is 16.8. The Balaban J connectivity index is 1.81. The zero-order chi connectivity index (χ0) is 14.7. The molecule has 1 atom stereocenters. The number of nitrogens with zero attached hydrogens (tertiary/aromatic N) is 4. The number of amides is 1. The number of hydrogen-bond acceptors (Lipinski definition) is 5. The minimum atomic E-state index is -0.364. The first-order chi connectivity index (χ1) is 10.2. The number of tetrazole rings is 1. The molecule has 1 amide bonds. The molecule has 7 nitrogen and oxygen atoms in total. The second-order valence-electron chi connectivity index (χ2n) is 4.96. The van der Waals surface area contributed by atoms with E-state index in [0.717, 1.165) is 12.8 Å². The van der Waals surface area contributed by atoms with Crippen LogP contribution in [0.3, 0.4) is 0 Å². The molecule has 1 unspecified atom stereocenters. The summed E-state index contributed by atoms with van der Waals surface area (Å²) >= 11 is 0. The van der Waals surface area contributed by atoms with Crippen LogP contribution in [-0.4, -0.2) is 38.7 Å². The lowest BCUT2D eigenvalue weighted by Crippen LogP contribution is -2.27. The van der Waals surface area contributed by atoms with E-state index in [4.69, 9.17) is 0 Å². The van der Waals surface area contributed by atoms with Crippen LogP contribution in [0.25, 0.3) is 5.69 Å². The molecular formula is C13H15FN6O. The van der Waals surface area contributed by atoms with Gasteiger partial charge in [0, 0.05) is 19.0 Å². The molecule has 21 heavy (non-hydrogen) atoms. The van der Waals surface area contributed by atoms with Gasteiger partial charge in [0.25, 0.3) is 0 Å². The van der Waals surface area contributed by atoms with Crippen molar-refractivity contribution in [2.75, 3.05) is 11.9 Å². The number of carbonyl (C=O) groups excluding carboxylic acids is 1. The molecule has 0 radical (unpaired) electrons. The molecule has 8 heteroatoms. The number of anilines is 1. The lowest BCUT2D eigenvalue weighted by molar-refractivity contribution is -0.120. The van der Waals surface area contributed by atoms with E-state index in [-0.39, 0.29) is 17.8 Å². The molecule has 2 N–H and O–H groups in total. The highest BCUT2D eigenvalue weighted by molar-refractivity contribution is 5.77. The average Bonchev–Trinajstić information content (AvgIpc) is 2.92. The average molecular weight is 290 g/mol. The Morgan fingerprint density at radius 2 is 2.33 bits per heavy atom. The van der Waals surface area contributed by atoms with Gasteiger partial charge in [-0.1, -0.05) is 0 Å². The Morgan fingerprint density at radius 1 is 1.43 bits per heavy atom. The Morgan fingerprint density at radius 3 is 3.14 bits per heavy atom. The standard InChI is InChI=1S/C13H15FN6O/c14-11-4-3-10(20-8-16-18-19-20)7-12(11)17-9-2-1-5-15-13(21)6-9/h3-4,7-9,17H,1-2,5-6H2,(H,15,21). The van der Waals surface area contributed by atoms with Gasteiger partial charge < -0.3 is 10.6 Å². The number of aromatic nitrogens is 4. The Hall–Kier alpha value is -2.51. The third-order valence-corrected chi connectivity index (χ3v) is 3.41. The van der Waals surface area contributed by atoms with Crippen molar-refractivity contribution in [3.8, 4) is 5.69 Å². The molecule has 1 saturated heterocycles. The van der Waals surface area contributed by atoms with Crippen LogP contribution in [0.1, 0.15) is 19.3 Å². The highest BCUT2D eigenvalue weighted by Crippen LogP contribution is 2.21. The first-order valence-electron chi connectivity index (χ1n) is 6.78. The predicted molar refractivity (Wildman–Crippen MR) is 73.4 cm³/mol. The maximum absolute atomic E-state index is 13.9. The van der Waals surface area contributed by atoms with E-state index in [0.29, 0.717) is 24.3 Å². The molecule has 110 valence electrons. The largest absolute Gasteiger partial charge is 0.379 e. The van der Waals surface area contributed by atoms with Gasteiger partial charge in [-0.3, -0.25) is 4.79 Å². The summed E-state index contributed by atoms with van der Waals surface area (Å²) in [4.78, 5) is 11.5. The van der Waals surface area contributed by atoms with Gasteiger partial charge in [-0.25, -0.2) is 9.07 Å². The SMILES string of the molecule is O=C1CC(Nc2cc(-n3cnnn3)ccc2F)CCCN1. The van der Waals surface area contributed by atoms with Gasteiger partial charge in [-0.2, -0.15) is 0 Å². The van der Waals surface area contributed by atoms with E-state index in [1.807, 2.05) is 0 Å².